The number of rotatable bonds is 7. The molecule has 0 bridgehead atoms. The molecule has 1 atom stereocenters. The first-order valence-electron chi connectivity index (χ1n) is 10.9. The Hall–Kier alpha value is -2.42. The van der Waals surface area contributed by atoms with Crippen LogP contribution in [0.3, 0.4) is 0 Å². The van der Waals surface area contributed by atoms with Crippen LogP contribution in [0.2, 0.25) is 0 Å². The van der Waals surface area contributed by atoms with Gasteiger partial charge in [0.25, 0.3) is 0 Å². The van der Waals surface area contributed by atoms with E-state index in [1.165, 1.54) is 30.0 Å². The van der Waals surface area contributed by atoms with Gasteiger partial charge in [-0.1, -0.05) is 31.0 Å². The van der Waals surface area contributed by atoms with Crippen LogP contribution in [0.5, 0.6) is 5.75 Å². The molecule has 2 aromatic carbocycles. The number of likely N-dealkylation sites (tertiary alicyclic amines) is 1. The number of carbonyl (C=O) groups excluding carboxylic acids is 1. The Bertz CT molecular complexity index is 1040. The number of hydrogen-bond donors (Lipinski definition) is 1. The fourth-order valence-electron chi connectivity index (χ4n) is 4.10. The van der Waals surface area contributed by atoms with Crippen molar-refractivity contribution in [1.29, 1.82) is 0 Å². The first kappa shape index (κ1) is 24.2. The monoisotopic (exact) mass is 459 g/mol. The Kier molecular flexibility index (Phi) is 7.92. The Morgan fingerprint density at radius 3 is 2.50 bits per heavy atom. The topological polar surface area (TPSA) is 79.0 Å². The Balaban J connectivity index is 1.76. The molecule has 1 fully saturated rings. The van der Waals surface area contributed by atoms with Crippen LogP contribution in [0, 0.1) is 6.92 Å². The second-order valence-corrected chi connectivity index (χ2v) is 10.5. The van der Waals surface area contributed by atoms with Crippen molar-refractivity contribution in [2.45, 2.75) is 43.5 Å². The highest BCUT2D eigenvalue weighted by Gasteiger charge is 2.25. The lowest BCUT2D eigenvalue weighted by Crippen LogP contribution is -2.36. The van der Waals surface area contributed by atoms with Crippen molar-refractivity contribution in [1.82, 2.24) is 9.21 Å². The SMILES string of the molecule is COc1ccc([C@@H]2CCCCCN2CC(=O)Nc2ccc(C)c(S(=O)(=O)N(C)C)c2)cc1. The maximum absolute atomic E-state index is 12.9. The predicted molar refractivity (Wildman–Crippen MR) is 126 cm³/mol. The molecule has 0 saturated carbocycles. The van der Waals surface area contributed by atoms with Gasteiger partial charge < -0.3 is 10.1 Å². The first-order valence-corrected chi connectivity index (χ1v) is 12.4. The molecule has 7 nitrogen and oxygen atoms in total. The number of ether oxygens (including phenoxy) is 1. The molecule has 0 aromatic heterocycles. The summed E-state index contributed by atoms with van der Waals surface area (Å²) < 4.78 is 31.6. The van der Waals surface area contributed by atoms with Crippen molar-refractivity contribution in [3.8, 4) is 5.75 Å². The zero-order valence-corrected chi connectivity index (χ0v) is 20.1. The van der Waals surface area contributed by atoms with Crippen LogP contribution in [0.4, 0.5) is 5.69 Å². The van der Waals surface area contributed by atoms with Crippen molar-refractivity contribution in [3.05, 3.63) is 53.6 Å². The normalized spacial score (nSPS) is 17.7. The second-order valence-electron chi connectivity index (χ2n) is 8.42. The number of nitrogens with one attached hydrogen (secondary N) is 1. The zero-order chi connectivity index (χ0) is 23.3. The van der Waals surface area contributed by atoms with Crippen LogP contribution in [0.25, 0.3) is 0 Å². The number of anilines is 1. The summed E-state index contributed by atoms with van der Waals surface area (Å²) in [5.74, 6) is 0.664. The average Bonchev–Trinajstić information content (AvgIpc) is 3.00. The van der Waals surface area contributed by atoms with E-state index in [-0.39, 0.29) is 23.4 Å². The third kappa shape index (κ3) is 5.68. The summed E-state index contributed by atoms with van der Waals surface area (Å²) in [7, 11) is 1.06. The van der Waals surface area contributed by atoms with Crippen LogP contribution in [0.15, 0.2) is 47.4 Å². The van der Waals surface area contributed by atoms with Gasteiger partial charge in [-0.3, -0.25) is 9.69 Å². The maximum Gasteiger partial charge on any atom is 0.242 e. The Labute approximate surface area is 191 Å². The van der Waals surface area contributed by atoms with E-state index in [1.54, 1.807) is 26.2 Å². The summed E-state index contributed by atoms with van der Waals surface area (Å²) >= 11 is 0. The summed E-state index contributed by atoms with van der Waals surface area (Å²) in [5, 5.41) is 2.89. The van der Waals surface area contributed by atoms with Crippen molar-refractivity contribution < 1.29 is 17.9 Å². The smallest absolute Gasteiger partial charge is 0.242 e. The Morgan fingerprint density at radius 2 is 1.84 bits per heavy atom. The quantitative estimate of drug-likeness (QED) is 0.681. The van der Waals surface area contributed by atoms with Crippen molar-refractivity contribution in [2.75, 3.05) is 39.6 Å². The lowest BCUT2D eigenvalue weighted by Gasteiger charge is -2.30. The van der Waals surface area contributed by atoms with E-state index < -0.39 is 10.0 Å². The molecule has 0 aliphatic carbocycles. The zero-order valence-electron chi connectivity index (χ0n) is 19.3. The van der Waals surface area contributed by atoms with Crippen LogP contribution in [-0.4, -0.2) is 57.8 Å². The van der Waals surface area contributed by atoms with E-state index in [2.05, 4.69) is 22.3 Å². The molecular formula is C24H33N3O4S. The molecule has 0 radical (unpaired) electrons. The summed E-state index contributed by atoms with van der Waals surface area (Å²) in [6.45, 7) is 2.84. The first-order chi connectivity index (χ1) is 15.2. The van der Waals surface area contributed by atoms with E-state index in [1.807, 2.05) is 12.1 Å². The molecule has 3 rings (SSSR count). The minimum Gasteiger partial charge on any atom is -0.497 e. The Morgan fingerprint density at radius 1 is 1.12 bits per heavy atom. The largest absolute Gasteiger partial charge is 0.497 e. The number of methoxy groups -OCH3 is 1. The maximum atomic E-state index is 12.9. The van der Waals surface area contributed by atoms with E-state index in [0.29, 0.717) is 11.3 Å². The molecule has 1 N–H and O–H groups in total. The van der Waals surface area contributed by atoms with Gasteiger partial charge in [0.1, 0.15) is 5.75 Å². The number of aryl methyl sites for hydroxylation is 1. The number of nitrogens with zero attached hydrogens (tertiary/aromatic N) is 2. The summed E-state index contributed by atoms with van der Waals surface area (Å²) in [5.41, 5.74) is 2.30. The lowest BCUT2D eigenvalue weighted by atomic mass is 10.0. The lowest BCUT2D eigenvalue weighted by molar-refractivity contribution is -0.117. The molecule has 2 aromatic rings. The van der Waals surface area contributed by atoms with Crippen LogP contribution in [0.1, 0.15) is 42.9 Å². The minimum atomic E-state index is -3.59. The van der Waals surface area contributed by atoms with Gasteiger partial charge in [-0.05, 0) is 61.7 Å². The number of sulfonamides is 1. The minimum absolute atomic E-state index is 0.150. The number of benzene rings is 2. The van der Waals surface area contributed by atoms with E-state index in [9.17, 15) is 13.2 Å². The number of amides is 1. The fraction of sp³-hybridized carbons (Fsp3) is 0.458. The molecule has 1 heterocycles. The van der Waals surface area contributed by atoms with Crippen molar-refractivity contribution in [2.24, 2.45) is 0 Å². The summed E-state index contributed by atoms with van der Waals surface area (Å²) in [6, 6.07) is 13.2. The molecule has 1 amide bonds. The second kappa shape index (κ2) is 10.5. The van der Waals surface area contributed by atoms with Gasteiger partial charge in [0, 0.05) is 25.8 Å². The third-order valence-electron chi connectivity index (χ3n) is 5.94. The van der Waals surface area contributed by atoms with Crippen LogP contribution < -0.4 is 10.1 Å². The predicted octanol–water partition coefficient (Wildman–Crippen LogP) is 3.81. The molecule has 32 heavy (non-hydrogen) atoms. The number of hydrogen-bond acceptors (Lipinski definition) is 5. The van der Waals surface area contributed by atoms with Crippen molar-refractivity contribution >= 4 is 21.6 Å². The van der Waals surface area contributed by atoms with Crippen LogP contribution in [-0.2, 0) is 14.8 Å². The fourth-order valence-corrected chi connectivity index (χ4v) is 5.24. The highest BCUT2D eigenvalue weighted by molar-refractivity contribution is 7.89. The van der Waals surface area contributed by atoms with Gasteiger partial charge >= 0.3 is 0 Å². The molecule has 1 saturated heterocycles. The van der Waals surface area contributed by atoms with E-state index in [4.69, 9.17) is 4.74 Å². The molecule has 0 unspecified atom stereocenters. The summed E-state index contributed by atoms with van der Waals surface area (Å²) in [6.07, 6.45) is 4.32. The number of carbonyl (C=O) groups is 1. The van der Waals surface area contributed by atoms with Gasteiger partial charge in [0.05, 0.1) is 18.6 Å². The van der Waals surface area contributed by atoms with Crippen LogP contribution >= 0.6 is 0 Å². The van der Waals surface area contributed by atoms with Crippen molar-refractivity contribution in [3.63, 3.8) is 0 Å². The molecule has 1 aliphatic heterocycles. The highest BCUT2D eigenvalue weighted by atomic mass is 32.2. The average molecular weight is 460 g/mol. The standard InChI is InChI=1S/C24H33N3O4S/c1-18-9-12-20(16-23(18)32(29,30)26(2)3)25-24(28)17-27-15-7-5-6-8-22(27)19-10-13-21(31-4)14-11-19/h9-14,16,22H,5-8,15,17H2,1-4H3,(H,25,28)/t22-/m0/s1. The molecule has 174 valence electrons. The molecular weight excluding hydrogens is 426 g/mol. The van der Waals surface area contributed by atoms with Gasteiger partial charge in [-0.25, -0.2) is 12.7 Å². The van der Waals surface area contributed by atoms with E-state index in [0.717, 1.165) is 38.0 Å². The molecule has 0 spiro atoms. The van der Waals surface area contributed by atoms with Gasteiger partial charge in [-0.15, -0.1) is 0 Å². The molecule has 1 aliphatic rings. The van der Waals surface area contributed by atoms with E-state index >= 15 is 0 Å². The molecule has 8 heteroatoms. The van der Waals surface area contributed by atoms with Gasteiger partial charge in [0.15, 0.2) is 0 Å². The van der Waals surface area contributed by atoms with Gasteiger partial charge in [0.2, 0.25) is 15.9 Å². The summed E-state index contributed by atoms with van der Waals surface area (Å²) in [4.78, 5) is 15.3. The third-order valence-corrected chi connectivity index (χ3v) is 7.90. The highest BCUT2D eigenvalue weighted by Crippen LogP contribution is 2.31. The van der Waals surface area contributed by atoms with Gasteiger partial charge in [-0.2, -0.15) is 0 Å².